The summed E-state index contributed by atoms with van der Waals surface area (Å²) < 4.78 is 1.75. The predicted octanol–water partition coefficient (Wildman–Crippen LogP) is 4.12. The molecule has 0 aromatic carbocycles. The molecular formula is C16H18N4S. The lowest BCUT2D eigenvalue weighted by atomic mass is 10.1. The minimum absolute atomic E-state index is 0.271. The zero-order chi connectivity index (χ0) is 14.8. The number of aryl methyl sites for hydroxylation is 2. The second-order valence-electron chi connectivity index (χ2n) is 5.09. The Morgan fingerprint density at radius 3 is 2.71 bits per heavy atom. The van der Waals surface area contributed by atoms with E-state index >= 15 is 0 Å². The van der Waals surface area contributed by atoms with Crippen LogP contribution in [0.15, 0.2) is 42.9 Å². The number of pyridine rings is 1. The first-order valence-corrected chi connectivity index (χ1v) is 7.74. The monoisotopic (exact) mass is 298 g/mol. The second kappa shape index (κ2) is 5.69. The Balaban J connectivity index is 1.74. The molecule has 0 aliphatic heterocycles. The maximum absolute atomic E-state index is 4.44. The molecule has 3 rings (SSSR count). The molecule has 4 nitrogen and oxygen atoms in total. The average Bonchev–Trinajstić information content (AvgIpc) is 3.09. The minimum atomic E-state index is 0.271. The lowest BCUT2D eigenvalue weighted by molar-refractivity contribution is 0.842. The maximum Gasteiger partial charge on any atom is 0.153 e. The van der Waals surface area contributed by atoms with E-state index in [1.54, 1.807) is 10.9 Å². The number of nitrogens with zero attached hydrogens (tertiary/aromatic N) is 3. The summed E-state index contributed by atoms with van der Waals surface area (Å²) in [6.07, 6.45) is 5.48. The van der Waals surface area contributed by atoms with Gasteiger partial charge >= 0.3 is 0 Å². The molecule has 3 aromatic rings. The Morgan fingerprint density at radius 1 is 1.29 bits per heavy atom. The summed E-state index contributed by atoms with van der Waals surface area (Å²) in [5, 5.41) is 7.67. The summed E-state index contributed by atoms with van der Waals surface area (Å²) in [6.45, 7) is 6.49. The number of rotatable bonds is 4. The normalized spacial score (nSPS) is 12.3. The molecule has 0 bridgehead atoms. The van der Waals surface area contributed by atoms with Crippen molar-refractivity contribution in [2.75, 3.05) is 5.32 Å². The quantitative estimate of drug-likeness (QED) is 0.788. The molecule has 1 N–H and O–H groups in total. The highest BCUT2D eigenvalue weighted by atomic mass is 32.1. The molecule has 3 heterocycles. The molecule has 0 spiro atoms. The van der Waals surface area contributed by atoms with Crippen molar-refractivity contribution in [3.63, 3.8) is 0 Å². The summed E-state index contributed by atoms with van der Waals surface area (Å²) in [7, 11) is 0. The Morgan fingerprint density at radius 2 is 2.14 bits per heavy atom. The van der Waals surface area contributed by atoms with E-state index in [4.69, 9.17) is 0 Å². The third kappa shape index (κ3) is 2.97. The van der Waals surface area contributed by atoms with Gasteiger partial charge in [0.25, 0.3) is 0 Å². The van der Waals surface area contributed by atoms with E-state index in [9.17, 15) is 0 Å². The van der Waals surface area contributed by atoms with Crippen molar-refractivity contribution in [1.29, 1.82) is 0 Å². The zero-order valence-corrected chi connectivity index (χ0v) is 13.2. The van der Waals surface area contributed by atoms with Crippen LogP contribution >= 0.6 is 11.3 Å². The van der Waals surface area contributed by atoms with E-state index in [2.05, 4.69) is 42.2 Å². The van der Waals surface area contributed by atoms with Crippen molar-refractivity contribution in [3.8, 4) is 5.82 Å². The van der Waals surface area contributed by atoms with Gasteiger partial charge in [-0.05, 0) is 50.6 Å². The van der Waals surface area contributed by atoms with Crippen LogP contribution in [-0.4, -0.2) is 14.8 Å². The molecule has 108 valence electrons. The zero-order valence-electron chi connectivity index (χ0n) is 12.4. The Kier molecular flexibility index (Phi) is 3.75. The molecule has 0 saturated heterocycles. The van der Waals surface area contributed by atoms with Crippen molar-refractivity contribution in [1.82, 2.24) is 14.8 Å². The van der Waals surface area contributed by atoms with Gasteiger partial charge in [0.2, 0.25) is 0 Å². The fraction of sp³-hybridized carbons (Fsp3) is 0.250. The summed E-state index contributed by atoms with van der Waals surface area (Å²) in [5.74, 6) is 0.820. The van der Waals surface area contributed by atoms with Crippen LogP contribution in [0.25, 0.3) is 5.82 Å². The van der Waals surface area contributed by atoms with Crippen LogP contribution in [0.1, 0.15) is 28.3 Å². The highest BCUT2D eigenvalue weighted by Crippen LogP contribution is 2.28. The lowest BCUT2D eigenvalue weighted by Gasteiger charge is -2.15. The number of aromatic nitrogens is 3. The Hall–Kier alpha value is -2.14. The SMILES string of the molecule is Cc1cc(C(C)Nc2ccc(-n3cccn3)nc2)c(C)s1. The van der Waals surface area contributed by atoms with Gasteiger partial charge in [0.1, 0.15) is 0 Å². The number of hydrogen-bond donors (Lipinski definition) is 1. The van der Waals surface area contributed by atoms with Gasteiger partial charge in [-0.25, -0.2) is 9.67 Å². The molecule has 3 aromatic heterocycles. The highest BCUT2D eigenvalue weighted by molar-refractivity contribution is 7.12. The number of nitrogens with one attached hydrogen (secondary N) is 1. The summed E-state index contributed by atoms with van der Waals surface area (Å²) in [5.41, 5.74) is 2.37. The topological polar surface area (TPSA) is 42.7 Å². The molecule has 0 aliphatic carbocycles. The summed E-state index contributed by atoms with van der Waals surface area (Å²) in [4.78, 5) is 7.16. The van der Waals surface area contributed by atoms with Crippen molar-refractivity contribution in [3.05, 3.63) is 58.2 Å². The summed E-state index contributed by atoms with van der Waals surface area (Å²) >= 11 is 1.84. The van der Waals surface area contributed by atoms with Crippen molar-refractivity contribution < 1.29 is 0 Å². The highest BCUT2D eigenvalue weighted by Gasteiger charge is 2.11. The van der Waals surface area contributed by atoms with E-state index in [1.165, 1.54) is 15.3 Å². The van der Waals surface area contributed by atoms with Crippen LogP contribution in [0.3, 0.4) is 0 Å². The van der Waals surface area contributed by atoms with Crippen molar-refractivity contribution >= 4 is 17.0 Å². The predicted molar refractivity (Wildman–Crippen MR) is 87.2 cm³/mol. The van der Waals surface area contributed by atoms with Gasteiger partial charge < -0.3 is 5.32 Å². The van der Waals surface area contributed by atoms with Crippen LogP contribution in [-0.2, 0) is 0 Å². The molecular weight excluding hydrogens is 280 g/mol. The van der Waals surface area contributed by atoms with Gasteiger partial charge in [-0.15, -0.1) is 11.3 Å². The van der Waals surface area contributed by atoms with Gasteiger partial charge in [0.15, 0.2) is 5.82 Å². The first-order chi connectivity index (χ1) is 10.1. The van der Waals surface area contributed by atoms with Gasteiger partial charge in [-0.1, -0.05) is 0 Å². The Labute approximate surface area is 128 Å². The van der Waals surface area contributed by atoms with Gasteiger partial charge in [0.05, 0.1) is 11.9 Å². The summed E-state index contributed by atoms with van der Waals surface area (Å²) in [6, 6.07) is 8.41. The molecule has 0 fully saturated rings. The van der Waals surface area contributed by atoms with E-state index in [0.29, 0.717) is 0 Å². The van der Waals surface area contributed by atoms with Crippen LogP contribution in [0, 0.1) is 13.8 Å². The van der Waals surface area contributed by atoms with E-state index < -0.39 is 0 Å². The van der Waals surface area contributed by atoms with Gasteiger partial charge in [0, 0.05) is 28.2 Å². The smallest absolute Gasteiger partial charge is 0.153 e. The van der Waals surface area contributed by atoms with Crippen LogP contribution in [0.4, 0.5) is 5.69 Å². The standard InChI is InChI=1S/C16H18N4S/c1-11-9-15(13(3)21-11)12(2)19-14-5-6-16(17-10-14)20-8-4-7-18-20/h4-10,12,19H,1-3H3. The van der Waals surface area contributed by atoms with Gasteiger partial charge in [-0.3, -0.25) is 0 Å². The van der Waals surface area contributed by atoms with Crippen molar-refractivity contribution in [2.24, 2.45) is 0 Å². The van der Waals surface area contributed by atoms with E-state index in [-0.39, 0.29) is 6.04 Å². The second-order valence-corrected chi connectivity index (χ2v) is 6.55. The van der Waals surface area contributed by atoms with E-state index in [0.717, 1.165) is 11.5 Å². The van der Waals surface area contributed by atoms with E-state index in [1.807, 2.05) is 41.9 Å². The molecule has 21 heavy (non-hydrogen) atoms. The van der Waals surface area contributed by atoms with Crippen LogP contribution in [0.5, 0.6) is 0 Å². The number of anilines is 1. The third-order valence-corrected chi connectivity index (χ3v) is 4.40. The molecule has 1 atom stereocenters. The number of thiophene rings is 1. The fourth-order valence-corrected chi connectivity index (χ4v) is 3.44. The lowest BCUT2D eigenvalue weighted by Crippen LogP contribution is -2.07. The molecule has 1 unspecified atom stereocenters. The number of hydrogen-bond acceptors (Lipinski definition) is 4. The first-order valence-electron chi connectivity index (χ1n) is 6.93. The largest absolute Gasteiger partial charge is 0.377 e. The molecule has 0 saturated carbocycles. The van der Waals surface area contributed by atoms with Crippen LogP contribution in [0.2, 0.25) is 0 Å². The Bertz CT molecular complexity index is 713. The van der Waals surface area contributed by atoms with Crippen molar-refractivity contribution in [2.45, 2.75) is 26.8 Å². The van der Waals surface area contributed by atoms with Crippen LogP contribution < -0.4 is 5.32 Å². The molecule has 0 radical (unpaired) electrons. The fourth-order valence-electron chi connectivity index (χ4n) is 2.42. The first kappa shape index (κ1) is 13.8. The molecule has 5 heteroatoms. The third-order valence-electron chi connectivity index (χ3n) is 3.42. The molecule has 0 aliphatic rings. The van der Waals surface area contributed by atoms with Gasteiger partial charge in [-0.2, -0.15) is 5.10 Å². The maximum atomic E-state index is 4.44. The average molecular weight is 298 g/mol. The molecule has 0 amide bonds. The minimum Gasteiger partial charge on any atom is -0.377 e.